The minimum absolute atomic E-state index is 0.0161. The molecule has 2 aliphatic heterocycles. The average molecular weight is 589 g/mol. The molecule has 0 radical (unpaired) electrons. The predicted octanol–water partition coefficient (Wildman–Crippen LogP) is 2.13. The van der Waals surface area contributed by atoms with Gasteiger partial charge in [-0.15, -0.1) is 11.8 Å². The van der Waals surface area contributed by atoms with Crippen LogP contribution in [-0.2, 0) is 19.1 Å². The van der Waals surface area contributed by atoms with Gasteiger partial charge >= 0.3 is 12.1 Å². The number of halogens is 1. The van der Waals surface area contributed by atoms with Crippen LogP contribution in [0.25, 0.3) is 0 Å². The molecule has 4 N–H and O–H groups in total. The fraction of sp³-hybridized carbons (Fsp3) is 0.429. The smallest absolute Gasteiger partial charge is 0.408 e. The number of hydrogen-bond donors (Lipinski definition) is 4. The molecule has 0 aliphatic carbocycles. The number of phenolic OH excluding ortho intramolecular Hbond substituents is 1. The van der Waals surface area contributed by atoms with Gasteiger partial charge in [0.25, 0.3) is 5.91 Å². The number of benzene rings is 1. The van der Waals surface area contributed by atoms with Crippen molar-refractivity contribution >= 4 is 58.2 Å². The van der Waals surface area contributed by atoms with E-state index in [0.29, 0.717) is 21.3 Å². The normalized spacial score (nSPS) is 21.0. The lowest BCUT2D eigenvalue weighted by atomic mass is 10.0. The Balaban J connectivity index is 1.79. The summed E-state index contributed by atoms with van der Waals surface area (Å²) in [6.45, 7) is 5.05. The van der Waals surface area contributed by atoms with Crippen molar-refractivity contribution in [2.75, 3.05) is 10.2 Å². The van der Waals surface area contributed by atoms with Gasteiger partial charge in [0.1, 0.15) is 34.5 Å². The highest BCUT2D eigenvalue weighted by Gasteiger charge is 2.54. The molecule has 33 heavy (non-hydrogen) atoms. The summed E-state index contributed by atoms with van der Waals surface area (Å²) in [6.07, 6.45) is -0.827. The zero-order chi connectivity index (χ0) is 24.5. The quantitative estimate of drug-likeness (QED) is 0.225. The number of ether oxygens (including phenoxy) is 1. The number of alkyl halides is 1. The van der Waals surface area contributed by atoms with Gasteiger partial charge in [-0.25, -0.2) is 9.59 Å². The Bertz CT molecular complexity index is 1010. The van der Waals surface area contributed by atoms with Crippen molar-refractivity contribution in [3.8, 4) is 5.75 Å². The molecule has 10 nitrogen and oxygen atoms in total. The zero-order valence-corrected chi connectivity index (χ0v) is 21.1. The fourth-order valence-electron chi connectivity index (χ4n) is 3.42. The van der Waals surface area contributed by atoms with Crippen molar-refractivity contribution in [3.63, 3.8) is 0 Å². The number of fused-ring (bicyclic) bond motifs is 1. The number of nitrogens with one attached hydrogen (secondary N) is 2. The van der Waals surface area contributed by atoms with Gasteiger partial charge in [0.05, 0.1) is 0 Å². The molecule has 178 valence electrons. The van der Waals surface area contributed by atoms with E-state index in [1.54, 1.807) is 20.8 Å². The van der Waals surface area contributed by atoms with Crippen LogP contribution in [0.1, 0.15) is 32.4 Å². The molecule has 3 amide bonds. The molecular weight excluding hydrogens is 565 g/mol. The lowest BCUT2D eigenvalue weighted by Gasteiger charge is -2.49. The molecule has 0 spiro atoms. The Morgan fingerprint density at radius 2 is 1.91 bits per heavy atom. The van der Waals surface area contributed by atoms with Gasteiger partial charge in [-0.2, -0.15) is 0 Å². The summed E-state index contributed by atoms with van der Waals surface area (Å²) in [5.41, 5.74) is 0.190. The lowest BCUT2D eigenvalue weighted by Crippen LogP contribution is -2.71. The van der Waals surface area contributed by atoms with E-state index in [2.05, 4.69) is 33.2 Å². The summed E-state index contributed by atoms with van der Waals surface area (Å²) in [7, 11) is 0. The zero-order valence-electron chi connectivity index (χ0n) is 18.1. The van der Waals surface area contributed by atoms with E-state index in [4.69, 9.17) is 4.74 Å². The maximum Gasteiger partial charge on any atom is 0.408 e. The maximum absolute atomic E-state index is 13.1. The monoisotopic (exact) mass is 589 g/mol. The van der Waals surface area contributed by atoms with Gasteiger partial charge < -0.3 is 25.6 Å². The van der Waals surface area contributed by atoms with Crippen molar-refractivity contribution in [3.05, 3.63) is 41.1 Å². The number of amides is 3. The molecule has 2 aliphatic rings. The van der Waals surface area contributed by atoms with Gasteiger partial charge in [-0.3, -0.25) is 14.5 Å². The number of aromatic hydroxyl groups is 1. The van der Waals surface area contributed by atoms with E-state index < -0.39 is 46.9 Å². The summed E-state index contributed by atoms with van der Waals surface area (Å²) in [5.74, 6) is -1.95. The van der Waals surface area contributed by atoms with Crippen molar-refractivity contribution in [2.45, 2.75) is 43.8 Å². The van der Waals surface area contributed by atoms with Crippen LogP contribution in [-0.4, -0.2) is 66.2 Å². The molecule has 2 heterocycles. The van der Waals surface area contributed by atoms with Crippen LogP contribution in [0.15, 0.2) is 35.5 Å². The Morgan fingerprint density at radius 1 is 1.27 bits per heavy atom. The Kier molecular flexibility index (Phi) is 7.46. The average Bonchev–Trinajstić information content (AvgIpc) is 2.73. The number of alkyl carbamates (subject to hydrolysis) is 1. The number of carboxylic acid groups (broad SMARTS) is 1. The topological polar surface area (TPSA) is 145 Å². The number of carbonyl (C=O) groups excluding carboxylic acids is 3. The third kappa shape index (κ3) is 5.54. The minimum Gasteiger partial charge on any atom is -0.508 e. The van der Waals surface area contributed by atoms with Crippen molar-refractivity contribution in [2.24, 2.45) is 0 Å². The summed E-state index contributed by atoms with van der Waals surface area (Å²) in [6, 6.07) is 3.55. The van der Waals surface area contributed by atoms with E-state index >= 15 is 0 Å². The summed E-state index contributed by atoms with van der Waals surface area (Å²) < 4.78 is 5.72. The van der Waals surface area contributed by atoms with Crippen LogP contribution in [0.4, 0.5) is 4.79 Å². The van der Waals surface area contributed by atoms with Crippen molar-refractivity contribution in [1.82, 2.24) is 15.5 Å². The second-order valence-corrected chi connectivity index (χ2v) is 10.3. The number of hydrogen-bond acceptors (Lipinski definition) is 7. The van der Waals surface area contributed by atoms with E-state index in [-0.39, 0.29) is 11.4 Å². The van der Waals surface area contributed by atoms with Gasteiger partial charge in [0.15, 0.2) is 0 Å². The fourth-order valence-corrected chi connectivity index (χ4v) is 5.76. The van der Waals surface area contributed by atoms with Crippen LogP contribution < -0.4 is 10.6 Å². The first kappa shape index (κ1) is 25.1. The van der Waals surface area contributed by atoms with Crippen LogP contribution >= 0.6 is 34.4 Å². The molecule has 1 saturated heterocycles. The number of aliphatic carboxylic acids is 1. The number of carboxylic acids is 1. The molecule has 0 saturated carbocycles. The lowest BCUT2D eigenvalue weighted by molar-refractivity contribution is -0.151. The summed E-state index contributed by atoms with van der Waals surface area (Å²) in [5, 5.41) is 23.7. The highest BCUT2D eigenvalue weighted by atomic mass is 127. The predicted molar refractivity (Wildman–Crippen MR) is 129 cm³/mol. The minimum atomic E-state index is -1.20. The number of thioether (sulfide) groups is 1. The SMILES string of the molecule is CC(C)(C)OC(=O)NC(C(=O)N[C@@H]1C(=O)N2C(C(=O)O)=C(CI)CS[C@H]12)c1ccc(O)cc1. The number of carbonyl (C=O) groups is 4. The largest absolute Gasteiger partial charge is 0.508 e. The molecule has 1 aromatic rings. The molecule has 12 heteroatoms. The maximum atomic E-state index is 13.1. The van der Waals surface area contributed by atoms with E-state index in [9.17, 15) is 29.4 Å². The highest BCUT2D eigenvalue weighted by Crippen LogP contribution is 2.41. The highest BCUT2D eigenvalue weighted by molar-refractivity contribution is 14.1. The van der Waals surface area contributed by atoms with Crippen LogP contribution in [0.3, 0.4) is 0 Å². The first-order chi connectivity index (χ1) is 15.4. The number of nitrogens with zero attached hydrogens (tertiary/aromatic N) is 1. The van der Waals surface area contributed by atoms with Crippen molar-refractivity contribution in [1.29, 1.82) is 0 Å². The molecule has 3 rings (SSSR count). The number of rotatable bonds is 6. The van der Waals surface area contributed by atoms with Gasteiger partial charge in [0.2, 0.25) is 5.91 Å². The van der Waals surface area contributed by atoms with Gasteiger partial charge in [-0.1, -0.05) is 34.7 Å². The van der Waals surface area contributed by atoms with Crippen LogP contribution in [0, 0.1) is 0 Å². The molecule has 1 unspecified atom stereocenters. The van der Waals surface area contributed by atoms with Crippen LogP contribution in [0.2, 0.25) is 0 Å². The van der Waals surface area contributed by atoms with Crippen LogP contribution in [0.5, 0.6) is 5.75 Å². The number of β-lactam (4-membered cyclic amide) rings is 1. The Labute approximate surface area is 208 Å². The number of phenols is 1. The van der Waals surface area contributed by atoms with E-state index in [0.717, 1.165) is 0 Å². The molecular formula is C21H24IN3O7S. The third-order valence-electron chi connectivity index (χ3n) is 4.86. The molecule has 1 aromatic carbocycles. The van der Waals surface area contributed by atoms with Gasteiger partial charge in [-0.05, 0) is 44.0 Å². The molecule has 3 atom stereocenters. The standard InChI is InChI=1S/C21H24IN3O7S/c1-21(2,3)32-20(31)24-13(10-4-6-12(26)7-5-10)16(27)23-14-17(28)25-15(19(29)30)11(8-22)9-33-18(14)25/h4-7,13-14,18,26H,8-9H2,1-3H3,(H,23,27)(H,24,31)(H,29,30)/t13?,14-,18-/m1/s1. The van der Waals surface area contributed by atoms with Gasteiger partial charge in [0, 0.05) is 10.2 Å². The second kappa shape index (κ2) is 9.79. The van der Waals surface area contributed by atoms with Crippen molar-refractivity contribution < 1.29 is 34.1 Å². The Hall–Kier alpha value is -2.48. The molecule has 0 aromatic heterocycles. The first-order valence-corrected chi connectivity index (χ1v) is 12.5. The summed E-state index contributed by atoms with van der Waals surface area (Å²) >= 11 is 3.43. The van der Waals surface area contributed by atoms with E-state index in [1.807, 2.05) is 0 Å². The summed E-state index contributed by atoms with van der Waals surface area (Å²) in [4.78, 5) is 51.2. The second-order valence-electron chi connectivity index (χ2n) is 8.46. The third-order valence-corrected chi connectivity index (χ3v) is 7.12. The molecule has 1 fully saturated rings. The first-order valence-electron chi connectivity index (χ1n) is 9.97. The molecule has 0 bridgehead atoms. The van der Waals surface area contributed by atoms with E-state index in [1.165, 1.54) is 40.9 Å². The Morgan fingerprint density at radius 3 is 2.45 bits per heavy atom.